The number of aliphatic carboxylic acids is 1. The SMILES string of the molecule is O=C(O)CCCCCN1C(=O)/C(=C/c2cccc(-c3ccc4c(c3)NC(=O)C4=O)n2)SC1=S. The smallest absolute Gasteiger partial charge is 0.303 e. The Hall–Kier alpha value is -3.37. The standard InChI is InChI=1S/C23H19N3O5S2/c27-19(28)7-2-1-3-10-26-22(31)18(33-23(26)32)12-14-5-4-6-16(24-14)13-8-9-15-17(11-13)25-21(30)20(15)29/h4-6,8-9,11-12H,1-3,7,10H2,(H,27,28)(H,25,29,30)/b18-12-. The van der Waals surface area contributed by atoms with Crippen LogP contribution in [0.2, 0.25) is 0 Å². The van der Waals surface area contributed by atoms with E-state index in [2.05, 4.69) is 10.3 Å². The molecule has 2 N–H and O–H groups in total. The topological polar surface area (TPSA) is 117 Å². The van der Waals surface area contributed by atoms with Gasteiger partial charge in [0.05, 0.1) is 27.5 Å². The lowest BCUT2D eigenvalue weighted by atomic mass is 10.1. The second kappa shape index (κ2) is 9.63. The highest BCUT2D eigenvalue weighted by molar-refractivity contribution is 8.26. The predicted octanol–water partition coefficient (Wildman–Crippen LogP) is 3.73. The maximum Gasteiger partial charge on any atom is 0.303 e. The summed E-state index contributed by atoms with van der Waals surface area (Å²) in [7, 11) is 0. The fourth-order valence-corrected chi connectivity index (χ4v) is 4.84. The number of rotatable bonds is 8. The molecule has 1 fully saturated rings. The number of Topliss-reactive ketones (excluding diaryl/α,β-unsaturated/α-hetero) is 1. The summed E-state index contributed by atoms with van der Waals surface area (Å²) in [6.07, 6.45) is 3.76. The van der Waals surface area contributed by atoms with Crippen molar-refractivity contribution in [3.63, 3.8) is 0 Å². The van der Waals surface area contributed by atoms with Gasteiger partial charge in [0.25, 0.3) is 17.6 Å². The number of nitrogens with zero attached hydrogens (tertiary/aromatic N) is 2. The number of carbonyl (C=O) groups is 4. The van der Waals surface area contributed by atoms with E-state index in [9.17, 15) is 19.2 Å². The summed E-state index contributed by atoms with van der Waals surface area (Å²) in [4.78, 5) is 53.4. The number of thiocarbonyl (C=S) groups is 1. The van der Waals surface area contributed by atoms with Gasteiger partial charge in [0.15, 0.2) is 0 Å². The zero-order valence-electron chi connectivity index (χ0n) is 17.4. The number of carboxylic acids is 1. The molecule has 10 heteroatoms. The van der Waals surface area contributed by atoms with Gasteiger partial charge in [0.2, 0.25) is 0 Å². The third kappa shape index (κ3) is 5.01. The Labute approximate surface area is 199 Å². The van der Waals surface area contributed by atoms with Crippen LogP contribution in [0.3, 0.4) is 0 Å². The van der Waals surface area contributed by atoms with Crippen molar-refractivity contribution >= 4 is 63.6 Å². The molecule has 2 aliphatic heterocycles. The lowest BCUT2D eigenvalue weighted by molar-refractivity contribution is -0.137. The van der Waals surface area contributed by atoms with E-state index < -0.39 is 17.7 Å². The molecule has 0 atom stereocenters. The van der Waals surface area contributed by atoms with Crippen molar-refractivity contribution in [1.29, 1.82) is 0 Å². The van der Waals surface area contributed by atoms with Crippen molar-refractivity contribution in [2.75, 3.05) is 11.9 Å². The average molecular weight is 482 g/mol. The normalized spacial score (nSPS) is 16.5. The molecule has 0 spiro atoms. The summed E-state index contributed by atoms with van der Waals surface area (Å²) in [5.41, 5.74) is 2.74. The fourth-order valence-electron chi connectivity index (χ4n) is 3.55. The first-order valence-corrected chi connectivity index (χ1v) is 11.5. The number of fused-ring (bicyclic) bond motifs is 1. The Morgan fingerprint density at radius 2 is 1.97 bits per heavy atom. The summed E-state index contributed by atoms with van der Waals surface area (Å²) < 4.78 is 0.472. The molecule has 1 saturated heterocycles. The fraction of sp³-hybridized carbons (Fsp3) is 0.217. The molecule has 33 heavy (non-hydrogen) atoms. The molecule has 168 valence electrons. The van der Waals surface area contributed by atoms with Crippen molar-refractivity contribution in [1.82, 2.24) is 9.88 Å². The van der Waals surface area contributed by atoms with Gasteiger partial charge in [-0.05, 0) is 43.2 Å². The number of unbranched alkanes of at least 4 members (excludes halogenated alkanes) is 2. The van der Waals surface area contributed by atoms with Crippen LogP contribution in [0.25, 0.3) is 17.3 Å². The van der Waals surface area contributed by atoms with Crippen LogP contribution < -0.4 is 5.32 Å². The van der Waals surface area contributed by atoms with Crippen LogP contribution in [0.1, 0.15) is 41.7 Å². The van der Waals surface area contributed by atoms with Crippen molar-refractivity contribution in [3.05, 3.63) is 52.6 Å². The lowest BCUT2D eigenvalue weighted by Gasteiger charge is -2.13. The van der Waals surface area contributed by atoms with Crippen LogP contribution in [-0.2, 0) is 14.4 Å². The molecule has 2 amide bonds. The number of aromatic nitrogens is 1. The average Bonchev–Trinajstić information content (AvgIpc) is 3.22. The second-order valence-corrected chi connectivity index (χ2v) is 9.20. The van der Waals surface area contributed by atoms with Gasteiger partial charge in [-0.15, -0.1) is 0 Å². The maximum atomic E-state index is 12.8. The zero-order chi connectivity index (χ0) is 23.5. The van der Waals surface area contributed by atoms with Crippen molar-refractivity contribution in [2.45, 2.75) is 25.7 Å². The second-order valence-electron chi connectivity index (χ2n) is 7.53. The first-order valence-electron chi connectivity index (χ1n) is 10.3. The molecule has 8 nitrogen and oxygen atoms in total. The molecule has 2 aromatic rings. The molecule has 3 heterocycles. The monoisotopic (exact) mass is 481 g/mol. The third-order valence-corrected chi connectivity index (χ3v) is 6.59. The van der Waals surface area contributed by atoms with Crippen LogP contribution in [0.4, 0.5) is 5.69 Å². The number of pyridine rings is 1. The Morgan fingerprint density at radius 1 is 1.15 bits per heavy atom. The molecule has 1 aromatic heterocycles. The van der Waals surface area contributed by atoms with Gasteiger partial charge in [-0.3, -0.25) is 24.1 Å². The van der Waals surface area contributed by atoms with E-state index in [4.69, 9.17) is 17.3 Å². The highest BCUT2D eigenvalue weighted by Crippen LogP contribution is 2.33. The Balaban J connectivity index is 1.46. The molecular weight excluding hydrogens is 462 g/mol. The molecular formula is C23H19N3O5S2. The number of thioether (sulfide) groups is 1. The Kier molecular flexibility index (Phi) is 6.66. The Morgan fingerprint density at radius 3 is 2.76 bits per heavy atom. The van der Waals surface area contributed by atoms with Gasteiger partial charge in [-0.1, -0.05) is 42.5 Å². The molecule has 1 aromatic carbocycles. The first-order chi connectivity index (χ1) is 15.8. The van der Waals surface area contributed by atoms with Crippen LogP contribution in [0.15, 0.2) is 41.3 Å². The quantitative estimate of drug-likeness (QED) is 0.254. The number of anilines is 1. The van der Waals surface area contributed by atoms with E-state index in [-0.39, 0.29) is 12.3 Å². The minimum Gasteiger partial charge on any atom is -0.481 e. The molecule has 0 saturated carbocycles. The number of amides is 2. The van der Waals surface area contributed by atoms with Gasteiger partial charge in [-0.25, -0.2) is 4.98 Å². The van der Waals surface area contributed by atoms with Crippen LogP contribution in [-0.4, -0.2) is 49.4 Å². The number of ketones is 1. The van der Waals surface area contributed by atoms with Gasteiger partial charge in [0, 0.05) is 18.5 Å². The molecule has 0 radical (unpaired) electrons. The van der Waals surface area contributed by atoms with Gasteiger partial charge >= 0.3 is 5.97 Å². The van der Waals surface area contributed by atoms with Gasteiger partial charge < -0.3 is 10.4 Å². The number of carboxylic acid groups (broad SMARTS) is 1. The third-order valence-electron chi connectivity index (χ3n) is 5.21. The first kappa shape index (κ1) is 22.8. The summed E-state index contributed by atoms with van der Waals surface area (Å²) in [5.74, 6) is -2.21. The van der Waals surface area contributed by atoms with Crippen LogP contribution >= 0.6 is 24.0 Å². The number of nitrogens with one attached hydrogen (secondary N) is 1. The van der Waals surface area contributed by atoms with Crippen LogP contribution in [0.5, 0.6) is 0 Å². The molecule has 0 bridgehead atoms. The number of benzene rings is 1. The van der Waals surface area contributed by atoms with Crippen molar-refractivity contribution in [2.24, 2.45) is 0 Å². The minimum absolute atomic E-state index is 0.118. The molecule has 2 aliphatic rings. The molecule has 0 aliphatic carbocycles. The predicted molar refractivity (Wildman–Crippen MR) is 129 cm³/mol. The van der Waals surface area contributed by atoms with E-state index >= 15 is 0 Å². The van der Waals surface area contributed by atoms with Crippen LogP contribution in [0, 0.1) is 0 Å². The highest BCUT2D eigenvalue weighted by Gasteiger charge is 2.31. The van der Waals surface area contributed by atoms with Crippen molar-refractivity contribution < 1.29 is 24.3 Å². The van der Waals surface area contributed by atoms with Crippen molar-refractivity contribution in [3.8, 4) is 11.3 Å². The molecule has 4 rings (SSSR count). The van der Waals surface area contributed by atoms with Gasteiger partial charge in [0.1, 0.15) is 4.32 Å². The molecule has 0 unspecified atom stereocenters. The van der Waals surface area contributed by atoms with E-state index in [0.717, 1.165) is 5.56 Å². The van der Waals surface area contributed by atoms with E-state index in [1.54, 1.807) is 36.4 Å². The number of hydrogen-bond donors (Lipinski definition) is 2. The summed E-state index contributed by atoms with van der Waals surface area (Å²) in [6, 6.07) is 10.4. The minimum atomic E-state index is -0.823. The Bertz CT molecular complexity index is 1220. The summed E-state index contributed by atoms with van der Waals surface area (Å²) >= 11 is 6.56. The zero-order valence-corrected chi connectivity index (χ0v) is 19.0. The summed E-state index contributed by atoms with van der Waals surface area (Å²) in [5, 5.41) is 11.3. The number of carbonyl (C=O) groups excluding carboxylic acids is 3. The highest BCUT2D eigenvalue weighted by atomic mass is 32.2. The van der Waals surface area contributed by atoms with E-state index in [1.165, 1.54) is 16.7 Å². The van der Waals surface area contributed by atoms with Gasteiger partial charge in [-0.2, -0.15) is 0 Å². The summed E-state index contributed by atoms with van der Waals surface area (Å²) in [6.45, 7) is 0.453. The lowest BCUT2D eigenvalue weighted by Crippen LogP contribution is -2.29. The largest absolute Gasteiger partial charge is 0.481 e. The van der Waals surface area contributed by atoms with E-state index in [1.807, 2.05) is 6.07 Å². The van der Waals surface area contributed by atoms with E-state index in [0.29, 0.717) is 57.7 Å². The maximum absolute atomic E-state index is 12.8. The number of hydrogen-bond acceptors (Lipinski definition) is 7.